The molecule has 2 aromatic carbocycles. The number of halogens is 3. The Morgan fingerprint density at radius 3 is 2.27 bits per heavy atom. The van der Waals surface area contributed by atoms with Crippen LogP contribution in [0.25, 0.3) is 5.69 Å². The van der Waals surface area contributed by atoms with Crippen molar-refractivity contribution in [3.05, 3.63) is 89.7 Å². The first-order valence-corrected chi connectivity index (χ1v) is 7.68. The zero-order valence-corrected chi connectivity index (χ0v) is 13.4. The number of hydrazone groups is 1. The average Bonchev–Trinajstić information content (AvgIpc) is 3.16. The first-order valence-electron chi connectivity index (χ1n) is 7.68. The summed E-state index contributed by atoms with van der Waals surface area (Å²) in [6.07, 6.45) is 0.539. The quantitative estimate of drug-likeness (QED) is 0.550. The van der Waals surface area contributed by atoms with E-state index < -0.39 is 17.6 Å². The molecule has 0 radical (unpaired) electrons. The standard InChI is InChI=1S/C19H14F3N3O/c20-19(21,22)15-9-7-14(8-10-15)13-23-24-18(26)16-5-1-2-6-17(16)25-11-3-4-12-25/h1-13H,(H,24,26)/b23-13-. The summed E-state index contributed by atoms with van der Waals surface area (Å²) in [6.45, 7) is 0. The summed E-state index contributed by atoms with van der Waals surface area (Å²) >= 11 is 0. The number of alkyl halides is 3. The lowest BCUT2D eigenvalue weighted by Crippen LogP contribution is -2.19. The minimum absolute atomic E-state index is 0.419. The summed E-state index contributed by atoms with van der Waals surface area (Å²) in [5.41, 5.74) is 3.21. The Hall–Kier alpha value is -3.35. The van der Waals surface area contributed by atoms with Gasteiger partial charge in [0.15, 0.2) is 0 Å². The Balaban J connectivity index is 1.71. The van der Waals surface area contributed by atoms with E-state index >= 15 is 0 Å². The fraction of sp³-hybridized carbons (Fsp3) is 0.0526. The summed E-state index contributed by atoms with van der Waals surface area (Å²) < 4.78 is 39.4. The van der Waals surface area contributed by atoms with Crippen LogP contribution in [0.3, 0.4) is 0 Å². The molecule has 1 aromatic heterocycles. The number of benzene rings is 2. The van der Waals surface area contributed by atoms with E-state index in [-0.39, 0.29) is 0 Å². The second-order valence-electron chi connectivity index (χ2n) is 5.43. The molecule has 1 amide bonds. The van der Waals surface area contributed by atoms with Crippen LogP contribution < -0.4 is 5.43 Å². The average molecular weight is 357 g/mol. The van der Waals surface area contributed by atoms with Crippen LogP contribution in [-0.4, -0.2) is 16.7 Å². The van der Waals surface area contributed by atoms with Gasteiger partial charge in [-0.1, -0.05) is 24.3 Å². The molecule has 3 rings (SSSR count). The minimum Gasteiger partial charge on any atom is -0.323 e. The smallest absolute Gasteiger partial charge is 0.323 e. The summed E-state index contributed by atoms with van der Waals surface area (Å²) in [5.74, 6) is -0.419. The van der Waals surface area contributed by atoms with E-state index in [1.807, 2.05) is 30.6 Å². The van der Waals surface area contributed by atoms with Gasteiger partial charge in [-0.2, -0.15) is 18.3 Å². The van der Waals surface area contributed by atoms with Crippen molar-refractivity contribution < 1.29 is 18.0 Å². The van der Waals surface area contributed by atoms with Crippen LogP contribution in [0.15, 0.2) is 78.2 Å². The van der Waals surface area contributed by atoms with Gasteiger partial charge in [-0.3, -0.25) is 4.79 Å². The van der Waals surface area contributed by atoms with Crippen LogP contribution in [0.1, 0.15) is 21.5 Å². The van der Waals surface area contributed by atoms with Gasteiger partial charge in [-0.05, 0) is 42.0 Å². The van der Waals surface area contributed by atoms with Crippen molar-refractivity contribution in [2.24, 2.45) is 5.10 Å². The van der Waals surface area contributed by atoms with Gasteiger partial charge in [0.2, 0.25) is 0 Å². The van der Waals surface area contributed by atoms with E-state index in [0.717, 1.165) is 12.1 Å². The van der Waals surface area contributed by atoms with Crippen LogP contribution in [0.2, 0.25) is 0 Å². The Labute approximate surface area is 147 Å². The van der Waals surface area contributed by atoms with E-state index in [9.17, 15) is 18.0 Å². The number of nitrogens with zero attached hydrogens (tertiary/aromatic N) is 2. The second-order valence-corrected chi connectivity index (χ2v) is 5.43. The van der Waals surface area contributed by atoms with Crippen LogP contribution >= 0.6 is 0 Å². The molecular weight excluding hydrogens is 343 g/mol. The summed E-state index contributed by atoms with van der Waals surface area (Å²) in [7, 11) is 0. The zero-order valence-electron chi connectivity index (χ0n) is 13.4. The first-order chi connectivity index (χ1) is 12.4. The number of rotatable bonds is 4. The minimum atomic E-state index is -4.38. The van der Waals surface area contributed by atoms with Crippen molar-refractivity contribution in [1.29, 1.82) is 0 Å². The third kappa shape index (κ3) is 4.00. The SMILES string of the molecule is O=C(N/N=C\c1ccc(C(F)(F)F)cc1)c1ccccc1-n1cccc1. The van der Waals surface area contributed by atoms with Crippen molar-refractivity contribution >= 4 is 12.1 Å². The fourth-order valence-corrected chi connectivity index (χ4v) is 2.37. The Morgan fingerprint density at radius 1 is 0.962 bits per heavy atom. The molecule has 0 fully saturated rings. The third-order valence-corrected chi connectivity index (χ3v) is 3.65. The molecule has 0 aliphatic rings. The molecule has 0 atom stereocenters. The van der Waals surface area contributed by atoms with Crippen LogP contribution in [-0.2, 0) is 6.18 Å². The van der Waals surface area contributed by atoms with E-state index in [4.69, 9.17) is 0 Å². The number of hydrogen-bond donors (Lipinski definition) is 1. The molecule has 26 heavy (non-hydrogen) atoms. The number of amides is 1. The number of nitrogens with one attached hydrogen (secondary N) is 1. The number of aromatic nitrogens is 1. The number of para-hydroxylation sites is 1. The highest BCUT2D eigenvalue weighted by Crippen LogP contribution is 2.28. The lowest BCUT2D eigenvalue weighted by atomic mass is 10.1. The highest BCUT2D eigenvalue weighted by molar-refractivity contribution is 5.98. The Bertz CT molecular complexity index is 914. The molecule has 1 heterocycles. The second kappa shape index (κ2) is 7.26. The predicted octanol–water partition coefficient (Wildman–Crippen LogP) is 4.26. The number of carbonyl (C=O) groups excluding carboxylic acids is 1. The van der Waals surface area contributed by atoms with Gasteiger partial charge >= 0.3 is 6.18 Å². The van der Waals surface area contributed by atoms with Gasteiger partial charge in [0.1, 0.15) is 0 Å². The Morgan fingerprint density at radius 2 is 1.62 bits per heavy atom. The molecule has 0 spiro atoms. The third-order valence-electron chi connectivity index (χ3n) is 3.65. The molecular formula is C19H14F3N3O. The highest BCUT2D eigenvalue weighted by Gasteiger charge is 2.29. The molecule has 0 aliphatic heterocycles. The lowest BCUT2D eigenvalue weighted by Gasteiger charge is -2.09. The first kappa shape index (κ1) is 17.5. The highest BCUT2D eigenvalue weighted by atomic mass is 19.4. The maximum Gasteiger partial charge on any atom is 0.416 e. The van der Waals surface area contributed by atoms with E-state index in [1.54, 1.807) is 22.8 Å². The lowest BCUT2D eigenvalue weighted by molar-refractivity contribution is -0.137. The maximum absolute atomic E-state index is 12.5. The molecule has 0 bridgehead atoms. The monoisotopic (exact) mass is 357 g/mol. The van der Waals surface area contributed by atoms with Gasteiger partial charge in [0, 0.05) is 12.4 Å². The van der Waals surface area contributed by atoms with Gasteiger partial charge < -0.3 is 4.57 Å². The number of hydrogen-bond acceptors (Lipinski definition) is 2. The van der Waals surface area contributed by atoms with E-state index in [2.05, 4.69) is 10.5 Å². The zero-order chi connectivity index (χ0) is 18.6. The van der Waals surface area contributed by atoms with Crippen molar-refractivity contribution in [1.82, 2.24) is 9.99 Å². The van der Waals surface area contributed by atoms with Crippen molar-refractivity contribution in [2.45, 2.75) is 6.18 Å². The van der Waals surface area contributed by atoms with Crippen molar-refractivity contribution in [3.63, 3.8) is 0 Å². The van der Waals surface area contributed by atoms with Gasteiger partial charge in [0.25, 0.3) is 5.91 Å². The van der Waals surface area contributed by atoms with Crippen LogP contribution in [0.5, 0.6) is 0 Å². The van der Waals surface area contributed by atoms with Gasteiger partial charge in [-0.25, -0.2) is 5.43 Å². The molecule has 1 N–H and O–H groups in total. The van der Waals surface area contributed by atoms with Gasteiger partial charge in [0.05, 0.1) is 23.0 Å². The van der Waals surface area contributed by atoms with Crippen molar-refractivity contribution in [3.8, 4) is 5.69 Å². The molecule has 132 valence electrons. The molecule has 4 nitrogen and oxygen atoms in total. The van der Waals surface area contributed by atoms with E-state index in [1.165, 1.54) is 18.3 Å². The van der Waals surface area contributed by atoms with Crippen molar-refractivity contribution in [2.75, 3.05) is 0 Å². The predicted molar refractivity (Wildman–Crippen MR) is 92.3 cm³/mol. The largest absolute Gasteiger partial charge is 0.416 e. The molecule has 0 aliphatic carbocycles. The molecule has 0 unspecified atom stereocenters. The van der Waals surface area contributed by atoms with E-state index in [0.29, 0.717) is 16.8 Å². The molecule has 7 heteroatoms. The topological polar surface area (TPSA) is 46.4 Å². The maximum atomic E-state index is 12.5. The number of carbonyl (C=O) groups is 1. The van der Waals surface area contributed by atoms with Gasteiger partial charge in [-0.15, -0.1) is 0 Å². The molecule has 3 aromatic rings. The molecule has 0 saturated carbocycles. The van der Waals surface area contributed by atoms with Crippen LogP contribution in [0, 0.1) is 0 Å². The normalized spacial score (nSPS) is 11.7. The fourth-order valence-electron chi connectivity index (χ4n) is 2.37. The van der Waals surface area contributed by atoms with Crippen LogP contribution in [0.4, 0.5) is 13.2 Å². The summed E-state index contributed by atoms with van der Waals surface area (Å²) in [6, 6.07) is 15.2. The summed E-state index contributed by atoms with van der Waals surface area (Å²) in [5, 5.41) is 3.82. The molecule has 0 saturated heterocycles. The summed E-state index contributed by atoms with van der Waals surface area (Å²) in [4.78, 5) is 12.3. The Kier molecular flexibility index (Phi) is 4.88.